The summed E-state index contributed by atoms with van der Waals surface area (Å²) in [6.45, 7) is 6.23. The van der Waals surface area contributed by atoms with Gasteiger partial charge in [-0.15, -0.1) is 0 Å². The van der Waals surface area contributed by atoms with Gasteiger partial charge in [0.15, 0.2) is 5.82 Å². The van der Waals surface area contributed by atoms with Crippen molar-refractivity contribution in [3.8, 4) is 0 Å². The van der Waals surface area contributed by atoms with Gasteiger partial charge in [-0.05, 0) is 19.8 Å². The van der Waals surface area contributed by atoms with Crippen LogP contribution in [0.1, 0.15) is 51.8 Å². The lowest BCUT2D eigenvalue weighted by molar-refractivity contribution is 0.416. The highest BCUT2D eigenvalue weighted by Gasteiger charge is 2.10. The highest BCUT2D eigenvalue weighted by atomic mass is 16.5. The molecule has 1 N–H and O–H groups in total. The van der Waals surface area contributed by atoms with E-state index in [0.717, 1.165) is 6.42 Å². The van der Waals surface area contributed by atoms with E-state index in [1.54, 1.807) is 0 Å². The molecule has 0 saturated heterocycles. The molecule has 0 saturated carbocycles. The van der Waals surface area contributed by atoms with Crippen LogP contribution in [0, 0.1) is 6.92 Å². The summed E-state index contributed by atoms with van der Waals surface area (Å²) in [6, 6.07) is 1.02. The maximum atomic E-state index is 5.05. The maximum absolute atomic E-state index is 5.05. The van der Waals surface area contributed by atoms with Crippen molar-refractivity contribution in [2.75, 3.05) is 5.32 Å². The van der Waals surface area contributed by atoms with Crippen LogP contribution in [0.2, 0.25) is 0 Å². The van der Waals surface area contributed by atoms with Crippen LogP contribution in [-0.4, -0.2) is 16.2 Å². The molecule has 1 unspecified atom stereocenters. The zero-order chi connectivity index (χ0) is 11.1. The van der Waals surface area contributed by atoms with Crippen molar-refractivity contribution in [2.24, 2.45) is 0 Å². The predicted molar refractivity (Wildman–Crippen MR) is 60.9 cm³/mol. The molecule has 86 valence electrons. The van der Waals surface area contributed by atoms with E-state index in [9.17, 15) is 0 Å². The molecular formula is C11H21N3O. The number of hydrogen-bond acceptors (Lipinski definition) is 4. The smallest absolute Gasteiger partial charge is 0.321 e. The van der Waals surface area contributed by atoms with Crippen molar-refractivity contribution in [1.82, 2.24) is 10.1 Å². The summed E-state index contributed by atoms with van der Waals surface area (Å²) in [7, 11) is 0. The molecule has 0 radical (unpaired) electrons. The Bertz CT molecular complexity index is 273. The van der Waals surface area contributed by atoms with Crippen LogP contribution in [0.25, 0.3) is 0 Å². The van der Waals surface area contributed by atoms with Gasteiger partial charge in [0.25, 0.3) is 0 Å². The monoisotopic (exact) mass is 211 g/mol. The van der Waals surface area contributed by atoms with E-state index in [4.69, 9.17) is 4.52 Å². The van der Waals surface area contributed by atoms with Gasteiger partial charge in [-0.25, -0.2) is 0 Å². The fraction of sp³-hybridized carbons (Fsp3) is 0.818. The summed E-state index contributed by atoms with van der Waals surface area (Å²) in [5.74, 6) is 0.684. The SMILES string of the molecule is CCCCC(CCC)Nc1nc(C)no1. The molecule has 0 aliphatic rings. The number of nitrogens with zero attached hydrogens (tertiary/aromatic N) is 2. The third kappa shape index (κ3) is 4.32. The second kappa shape index (κ2) is 6.43. The average molecular weight is 211 g/mol. The summed E-state index contributed by atoms with van der Waals surface area (Å²) in [4.78, 5) is 4.15. The fourth-order valence-corrected chi connectivity index (χ4v) is 1.62. The van der Waals surface area contributed by atoms with Crippen LogP contribution in [0.4, 0.5) is 6.01 Å². The van der Waals surface area contributed by atoms with Crippen molar-refractivity contribution in [3.05, 3.63) is 5.82 Å². The Morgan fingerprint density at radius 2 is 2.07 bits per heavy atom. The van der Waals surface area contributed by atoms with Crippen molar-refractivity contribution < 1.29 is 4.52 Å². The first-order valence-electron chi connectivity index (χ1n) is 5.83. The van der Waals surface area contributed by atoms with E-state index in [2.05, 4.69) is 29.3 Å². The Balaban J connectivity index is 2.42. The topological polar surface area (TPSA) is 51.0 Å². The summed E-state index contributed by atoms with van der Waals surface area (Å²) in [5.41, 5.74) is 0. The second-order valence-corrected chi connectivity index (χ2v) is 3.92. The van der Waals surface area contributed by atoms with Crippen molar-refractivity contribution >= 4 is 6.01 Å². The number of aromatic nitrogens is 2. The number of nitrogens with one attached hydrogen (secondary N) is 1. The lowest BCUT2D eigenvalue weighted by Crippen LogP contribution is -2.19. The number of hydrogen-bond donors (Lipinski definition) is 1. The first-order chi connectivity index (χ1) is 7.26. The van der Waals surface area contributed by atoms with Crippen LogP contribution in [0.5, 0.6) is 0 Å². The first-order valence-corrected chi connectivity index (χ1v) is 5.83. The molecule has 1 aromatic heterocycles. The molecule has 4 nitrogen and oxygen atoms in total. The zero-order valence-corrected chi connectivity index (χ0v) is 9.92. The molecule has 0 aliphatic heterocycles. The van der Waals surface area contributed by atoms with Crippen LogP contribution in [0.15, 0.2) is 4.52 Å². The van der Waals surface area contributed by atoms with Crippen molar-refractivity contribution in [2.45, 2.75) is 58.9 Å². The van der Waals surface area contributed by atoms with E-state index in [0.29, 0.717) is 17.9 Å². The summed E-state index contributed by atoms with van der Waals surface area (Å²) < 4.78 is 5.05. The van der Waals surface area contributed by atoms with Gasteiger partial charge in [0.1, 0.15) is 0 Å². The maximum Gasteiger partial charge on any atom is 0.321 e. The van der Waals surface area contributed by atoms with Gasteiger partial charge in [0.2, 0.25) is 0 Å². The molecular weight excluding hydrogens is 190 g/mol. The van der Waals surface area contributed by atoms with Crippen LogP contribution in [-0.2, 0) is 0 Å². The zero-order valence-electron chi connectivity index (χ0n) is 9.92. The van der Waals surface area contributed by atoms with E-state index in [1.165, 1.54) is 25.7 Å². The van der Waals surface area contributed by atoms with Gasteiger partial charge in [0, 0.05) is 6.04 Å². The highest BCUT2D eigenvalue weighted by Crippen LogP contribution is 2.13. The fourth-order valence-electron chi connectivity index (χ4n) is 1.62. The minimum atomic E-state index is 0.467. The average Bonchev–Trinajstić information content (AvgIpc) is 2.61. The van der Waals surface area contributed by atoms with E-state index >= 15 is 0 Å². The molecule has 0 bridgehead atoms. The Hall–Kier alpha value is -1.06. The van der Waals surface area contributed by atoms with E-state index in [-0.39, 0.29) is 0 Å². The Morgan fingerprint density at radius 1 is 1.27 bits per heavy atom. The minimum Gasteiger partial charge on any atom is -0.335 e. The lowest BCUT2D eigenvalue weighted by atomic mass is 10.1. The quantitative estimate of drug-likeness (QED) is 0.752. The summed E-state index contributed by atoms with van der Waals surface area (Å²) in [5, 5.41) is 7.06. The van der Waals surface area contributed by atoms with Gasteiger partial charge < -0.3 is 9.84 Å². The molecule has 1 aromatic rings. The molecule has 1 heterocycles. The highest BCUT2D eigenvalue weighted by molar-refractivity contribution is 5.19. The number of anilines is 1. The van der Waals surface area contributed by atoms with Crippen LogP contribution in [0.3, 0.4) is 0 Å². The molecule has 0 spiro atoms. The van der Waals surface area contributed by atoms with Gasteiger partial charge in [-0.3, -0.25) is 0 Å². The van der Waals surface area contributed by atoms with Gasteiger partial charge in [-0.2, -0.15) is 4.98 Å². The molecule has 0 aromatic carbocycles. The number of rotatable bonds is 7. The number of unbranched alkanes of at least 4 members (excludes halogenated alkanes) is 1. The van der Waals surface area contributed by atoms with E-state index < -0.39 is 0 Å². The third-order valence-corrected chi connectivity index (χ3v) is 2.40. The predicted octanol–water partition coefficient (Wildman–Crippen LogP) is 3.15. The van der Waals surface area contributed by atoms with Crippen molar-refractivity contribution in [3.63, 3.8) is 0 Å². The second-order valence-electron chi connectivity index (χ2n) is 3.92. The number of aryl methyl sites for hydroxylation is 1. The largest absolute Gasteiger partial charge is 0.335 e. The summed E-state index contributed by atoms with van der Waals surface area (Å²) >= 11 is 0. The normalized spacial score (nSPS) is 12.7. The van der Waals surface area contributed by atoms with Gasteiger partial charge in [0.05, 0.1) is 0 Å². The van der Waals surface area contributed by atoms with Crippen molar-refractivity contribution in [1.29, 1.82) is 0 Å². The Kier molecular flexibility index (Phi) is 5.15. The molecule has 0 aliphatic carbocycles. The molecule has 0 amide bonds. The first kappa shape index (κ1) is 12.0. The molecule has 4 heteroatoms. The third-order valence-electron chi connectivity index (χ3n) is 2.40. The lowest BCUT2D eigenvalue weighted by Gasteiger charge is -2.15. The van der Waals surface area contributed by atoms with Crippen LogP contribution < -0.4 is 5.32 Å². The van der Waals surface area contributed by atoms with E-state index in [1.807, 2.05) is 6.92 Å². The van der Waals surface area contributed by atoms with Gasteiger partial charge >= 0.3 is 6.01 Å². The molecule has 1 atom stereocenters. The molecule has 0 fully saturated rings. The summed E-state index contributed by atoms with van der Waals surface area (Å²) in [6.07, 6.45) is 5.97. The standard InChI is InChI=1S/C11H21N3O/c1-4-6-8-10(7-5-2)13-11-12-9(3)14-15-11/h10H,4-8H2,1-3H3,(H,12,13,14). The Labute approximate surface area is 91.5 Å². The molecule has 15 heavy (non-hydrogen) atoms. The molecule has 1 rings (SSSR count). The van der Waals surface area contributed by atoms with Crippen LogP contribution >= 0.6 is 0 Å². The minimum absolute atomic E-state index is 0.467. The van der Waals surface area contributed by atoms with Gasteiger partial charge in [-0.1, -0.05) is 38.3 Å². The Morgan fingerprint density at radius 3 is 2.60 bits per heavy atom.